The Morgan fingerprint density at radius 2 is 1.78 bits per heavy atom. The van der Waals surface area contributed by atoms with Crippen LogP contribution in [0.1, 0.15) is 47.0 Å². The summed E-state index contributed by atoms with van der Waals surface area (Å²) in [5.74, 6) is 0. The highest BCUT2D eigenvalue weighted by molar-refractivity contribution is 5.00. The van der Waals surface area contributed by atoms with Crippen LogP contribution < -0.4 is 5.73 Å². The standard InChI is InChI=1S/C14H28N2O2/c1-12(2)8-16(9-13(3,4)18-12)11-5-6-14(15,7-11)10-17/h11,17H,5-10,15H2,1-4H3. The first-order chi connectivity index (χ1) is 8.15. The van der Waals surface area contributed by atoms with Crippen molar-refractivity contribution in [2.75, 3.05) is 19.7 Å². The number of aliphatic hydroxyl groups excluding tert-OH is 1. The molecule has 0 aromatic carbocycles. The van der Waals surface area contributed by atoms with Crippen LogP contribution in [0.5, 0.6) is 0 Å². The van der Waals surface area contributed by atoms with Crippen molar-refractivity contribution in [3.05, 3.63) is 0 Å². The van der Waals surface area contributed by atoms with E-state index >= 15 is 0 Å². The summed E-state index contributed by atoms with van der Waals surface area (Å²) < 4.78 is 6.11. The van der Waals surface area contributed by atoms with E-state index in [9.17, 15) is 5.11 Å². The van der Waals surface area contributed by atoms with E-state index in [0.717, 1.165) is 32.4 Å². The van der Waals surface area contributed by atoms with E-state index in [2.05, 4.69) is 32.6 Å². The van der Waals surface area contributed by atoms with E-state index in [1.165, 1.54) is 0 Å². The summed E-state index contributed by atoms with van der Waals surface area (Å²) in [6.07, 6.45) is 2.91. The highest BCUT2D eigenvalue weighted by Crippen LogP contribution is 2.36. The topological polar surface area (TPSA) is 58.7 Å². The average molecular weight is 256 g/mol. The van der Waals surface area contributed by atoms with E-state index in [1.807, 2.05) is 0 Å². The monoisotopic (exact) mass is 256 g/mol. The van der Waals surface area contributed by atoms with Gasteiger partial charge in [-0.15, -0.1) is 0 Å². The number of nitrogens with zero attached hydrogens (tertiary/aromatic N) is 1. The van der Waals surface area contributed by atoms with Gasteiger partial charge in [-0.25, -0.2) is 0 Å². The van der Waals surface area contributed by atoms with E-state index in [0.29, 0.717) is 6.04 Å². The lowest BCUT2D eigenvalue weighted by Crippen LogP contribution is -2.59. The van der Waals surface area contributed by atoms with Crippen LogP contribution in [0.25, 0.3) is 0 Å². The minimum atomic E-state index is -0.364. The molecule has 4 heteroatoms. The van der Waals surface area contributed by atoms with Crippen molar-refractivity contribution in [1.82, 2.24) is 4.90 Å². The molecule has 2 fully saturated rings. The molecule has 2 aliphatic rings. The van der Waals surface area contributed by atoms with Crippen molar-refractivity contribution in [3.63, 3.8) is 0 Å². The molecule has 0 aromatic rings. The highest BCUT2D eigenvalue weighted by atomic mass is 16.5. The van der Waals surface area contributed by atoms with Crippen molar-refractivity contribution in [1.29, 1.82) is 0 Å². The molecule has 18 heavy (non-hydrogen) atoms. The Morgan fingerprint density at radius 1 is 1.22 bits per heavy atom. The predicted molar refractivity (Wildman–Crippen MR) is 72.5 cm³/mol. The lowest BCUT2D eigenvalue weighted by Gasteiger charge is -2.49. The molecule has 0 aromatic heterocycles. The first-order valence-electron chi connectivity index (χ1n) is 6.99. The van der Waals surface area contributed by atoms with Gasteiger partial charge in [0.15, 0.2) is 0 Å². The third kappa shape index (κ3) is 3.05. The first kappa shape index (κ1) is 14.3. The Kier molecular flexibility index (Phi) is 3.52. The van der Waals surface area contributed by atoms with Gasteiger partial charge in [0.1, 0.15) is 0 Å². The van der Waals surface area contributed by atoms with Crippen molar-refractivity contribution in [2.24, 2.45) is 5.73 Å². The SMILES string of the molecule is CC1(C)CN(C2CCC(N)(CO)C2)CC(C)(C)O1. The van der Waals surface area contributed by atoms with Crippen molar-refractivity contribution >= 4 is 0 Å². The van der Waals surface area contributed by atoms with Crippen LogP contribution in [0.15, 0.2) is 0 Å². The van der Waals surface area contributed by atoms with Gasteiger partial charge < -0.3 is 15.6 Å². The van der Waals surface area contributed by atoms with Crippen LogP contribution in [0.3, 0.4) is 0 Å². The lowest BCUT2D eigenvalue weighted by atomic mass is 9.95. The van der Waals surface area contributed by atoms with E-state index in [1.54, 1.807) is 0 Å². The molecule has 1 heterocycles. The normalized spacial score (nSPS) is 40.0. The smallest absolute Gasteiger partial charge is 0.0760 e. The second kappa shape index (κ2) is 4.44. The van der Waals surface area contributed by atoms with Gasteiger partial charge in [-0.2, -0.15) is 0 Å². The molecule has 0 spiro atoms. The number of aliphatic hydroxyl groups is 1. The Hall–Kier alpha value is -0.160. The van der Waals surface area contributed by atoms with E-state index < -0.39 is 0 Å². The molecule has 1 saturated heterocycles. The second-order valence-electron chi connectivity index (χ2n) is 7.44. The molecular formula is C14H28N2O2. The largest absolute Gasteiger partial charge is 0.394 e. The number of hydrogen-bond donors (Lipinski definition) is 2. The van der Waals surface area contributed by atoms with Gasteiger partial charge in [0.2, 0.25) is 0 Å². The second-order valence-corrected chi connectivity index (χ2v) is 7.44. The van der Waals surface area contributed by atoms with Gasteiger partial charge in [0.05, 0.1) is 17.8 Å². The predicted octanol–water partition coefficient (Wildman–Crippen LogP) is 1.12. The summed E-state index contributed by atoms with van der Waals surface area (Å²) in [4.78, 5) is 2.51. The Labute approximate surface area is 110 Å². The molecule has 4 nitrogen and oxygen atoms in total. The maximum Gasteiger partial charge on any atom is 0.0760 e. The average Bonchev–Trinajstić information content (AvgIpc) is 2.57. The van der Waals surface area contributed by atoms with Gasteiger partial charge in [-0.3, -0.25) is 4.90 Å². The van der Waals surface area contributed by atoms with Crippen LogP contribution in [0.4, 0.5) is 0 Å². The molecule has 2 atom stereocenters. The molecule has 0 bridgehead atoms. The molecule has 1 saturated carbocycles. The maximum absolute atomic E-state index is 9.38. The van der Waals surface area contributed by atoms with Crippen LogP contribution in [-0.4, -0.2) is 52.5 Å². The van der Waals surface area contributed by atoms with Crippen molar-refractivity contribution in [2.45, 2.75) is 69.7 Å². The quantitative estimate of drug-likeness (QED) is 0.777. The molecule has 2 rings (SSSR count). The fraction of sp³-hybridized carbons (Fsp3) is 1.00. The molecule has 3 N–H and O–H groups in total. The van der Waals surface area contributed by atoms with Crippen LogP contribution in [0.2, 0.25) is 0 Å². The lowest BCUT2D eigenvalue weighted by molar-refractivity contribution is -0.187. The summed E-state index contributed by atoms with van der Waals surface area (Å²) in [7, 11) is 0. The van der Waals surface area contributed by atoms with Crippen LogP contribution >= 0.6 is 0 Å². The number of morpholine rings is 1. The van der Waals surface area contributed by atoms with Gasteiger partial charge in [0, 0.05) is 24.7 Å². The van der Waals surface area contributed by atoms with Gasteiger partial charge >= 0.3 is 0 Å². The minimum absolute atomic E-state index is 0.0978. The van der Waals surface area contributed by atoms with Gasteiger partial charge in [0.25, 0.3) is 0 Å². The van der Waals surface area contributed by atoms with E-state index in [-0.39, 0.29) is 23.3 Å². The number of hydrogen-bond acceptors (Lipinski definition) is 4. The number of ether oxygens (including phenoxy) is 1. The van der Waals surface area contributed by atoms with Crippen LogP contribution in [-0.2, 0) is 4.74 Å². The zero-order valence-electron chi connectivity index (χ0n) is 12.2. The fourth-order valence-corrected chi connectivity index (χ4v) is 3.69. The third-order valence-corrected chi connectivity index (χ3v) is 4.17. The summed E-state index contributed by atoms with van der Waals surface area (Å²) in [6, 6.07) is 0.490. The number of rotatable bonds is 2. The summed E-state index contributed by atoms with van der Waals surface area (Å²) in [6.45, 7) is 10.6. The zero-order chi connectivity index (χ0) is 13.6. The molecule has 2 unspecified atom stereocenters. The van der Waals surface area contributed by atoms with Crippen molar-refractivity contribution in [3.8, 4) is 0 Å². The summed E-state index contributed by atoms with van der Waals surface area (Å²) in [5.41, 5.74) is 5.60. The van der Waals surface area contributed by atoms with Crippen molar-refractivity contribution < 1.29 is 9.84 Å². The molecule has 1 aliphatic heterocycles. The first-order valence-corrected chi connectivity index (χ1v) is 6.99. The molecular weight excluding hydrogens is 228 g/mol. The Bertz CT molecular complexity index is 301. The Balaban J connectivity index is 2.06. The number of nitrogens with two attached hydrogens (primary N) is 1. The molecule has 0 amide bonds. The molecule has 0 radical (unpaired) electrons. The van der Waals surface area contributed by atoms with Crippen LogP contribution in [0, 0.1) is 0 Å². The third-order valence-electron chi connectivity index (χ3n) is 4.17. The Morgan fingerprint density at radius 3 is 2.22 bits per heavy atom. The zero-order valence-corrected chi connectivity index (χ0v) is 12.2. The van der Waals surface area contributed by atoms with Gasteiger partial charge in [-0.1, -0.05) is 0 Å². The molecule has 106 valence electrons. The minimum Gasteiger partial charge on any atom is -0.394 e. The van der Waals surface area contributed by atoms with Gasteiger partial charge in [-0.05, 0) is 47.0 Å². The summed E-state index contributed by atoms with van der Waals surface area (Å²) in [5, 5.41) is 9.38. The van der Waals surface area contributed by atoms with E-state index in [4.69, 9.17) is 10.5 Å². The fourth-order valence-electron chi connectivity index (χ4n) is 3.69. The highest BCUT2D eigenvalue weighted by Gasteiger charge is 2.44. The summed E-state index contributed by atoms with van der Waals surface area (Å²) >= 11 is 0. The molecule has 1 aliphatic carbocycles. The maximum atomic E-state index is 9.38.